The quantitative estimate of drug-likeness (QED) is 0.713. The van der Waals surface area contributed by atoms with E-state index >= 15 is 0 Å². The molecule has 142 valence electrons. The summed E-state index contributed by atoms with van der Waals surface area (Å²) < 4.78 is 37.8. The first-order valence-electron chi connectivity index (χ1n) is 8.89. The summed E-state index contributed by atoms with van der Waals surface area (Å²) in [4.78, 5) is 0. The fourth-order valence-electron chi connectivity index (χ4n) is 3.12. The molecule has 0 spiro atoms. The summed E-state index contributed by atoms with van der Waals surface area (Å²) in [6.07, 6.45) is 5.41. The fraction of sp³-hybridized carbons (Fsp3) is 0.421. The number of aromatic nitrogens is 3. The van der Waals surface area contributed by atoms with E-state index in [2.05, 4.69) is 21.0 Å². The number of hydrogen-bond donors (Lipinski definition) is 0. The van der Waals surface area contributed by atoms with Gasteiger partial charge in [0, 0.05) is 18.5 Å². The van der Waals surface area contributed by atoms with Crippen LogP contribution in [0.4, 0.5) is 8.78 Å². The number of ether oxygens (including phenoxy) is 2. The number of benzene rings is 1. The number of nitrogens with zero attached hydrogens (tertiary/aromatic N) is 4. The molecule has 2 heterocycles. The highest BCUT2D eigenvalue weighted by molar-refractivity contribution is 5.89. The van der Waals surface area contributed by atoms with Gasteiger partial charge in [-0.2, -0.15) is 14.0 Å². The van der Waals surface area contributed by atoms with Crippen LogP contribution in [0.15, 0.2) is 18.2 Å². The lowest BCUT2D eigenvalue weighted by atomic mass is 10.1. The molecule has 0 unspecified atom stereocenters. The Hall–Kier alpha value is -2.95. The van der Waals surface area contributed by atoms with Gasteiger partial charge in [-0.3, -0.25) is 0 Å². The molecule has 1 aromatic heterocycles. The number of alkyl halides is 2. The predicted molar refractivity (Wildman–Crippen MR) is 95.3 cm³/mol. The Bertz CT molecular complexity index is 871. The normalized spacial score (nSPS) is 14.4. The summed E-state index contributed by atoms with van der Waals surface area (Å²) in [6, 6.07) is 6.91. The Morgan fingerprint density at radius 3 is 2.93 bits per heavy atom. The van der Waals surface area contributed by atoms with Crippen molar-refractivity contribution in [3.63, 3.8) is 0 Å². The van der Waals surface area contributed by atoms with Crippen LogP contribution in [-0.4, -0.2) is 28.0 Å². The monoisotopic (exact) mass is 374 g/mol. The Kier molecular flexibility index (Phi) is 6.01. The average Bonchev–Trinajstić information content (AvgIpc) is 2.90. The molecule has 0 amide bonds. The molecule has 1 aliphatic rings. The maximum atomic E-state index is 12.9. The molecule has 0 atom stereocenters. The lowest BCUT2D eigenvalue weighted by Crippen LogP contribution is -2.07. The third-order valence-corrected chi connectivity index (χ3v) is 4.29. The van der Waals surface area contributed by atoms with Crippen molar-refractivity contribution in [1.29, 1.82) is 5.26 Å². The van der Waals surface area contributed by atoms with Crippen molar-refractivity contribution in [2.45, 2.75) is 45.8 Å². The summed E-state index contributed by atoms with van der Waals surface area (Å²) in [6.45, 7) is -0.222. The van der Waals surface area contributed by atoms with E-state index in [0.29, 0.717) is 18.0 Å². The Morgan fingerprint density at radius 1 is 1.33 bits per heavy atom. The fourth-order valence-corrected chi connectivity index (χ4v) is 3.12. The van der Waals surface area contributed by atoms with Gasteiger partial charge in [0.05, 0.1) is 12.2 Å². The minimum absolute atomic E-state index is 0.0993. The third kappa shape index (κ3) is 4.25. The van der Waals surface area contributed by atoms with Gasteiger partial charge in [0.25, 0.3) is 0 Å². The number of para-hydroxylation sites is 1. The largest absolute Gasteiger partial charge is 0.490 e. The van der Waals surface area contributed by atoms with Gasteiger partial charge in [-0.1, -0.05) is 18.6 Å². The van der Waals surface area contributed by atoms with Crippen molar-refractivity contribution in [1.82, 2.24) is 14.8 Å². The number of fused-ring (bicyclic) bond motifs is 1. The van der Waals surface area contributed by atoms with E-state index < -0.39 is 6.61 Å². The number of halogens is 2. The first-order valence-corrected chi connectivity index (χ1v) is 8.89. The van der Waals surface area contributed by atoms with Crippen LogP contribution in [0.25, 0.3) is 11.6 Å². The van der Waals surface area contributed by atoms with E-state index in [9.17, 15) is 14.0 Å². The smallest absolute Gasteiger partial charge is 0.387 e. The minimum Gasteiger partial charge on any atom is -0.490 e. The highest BCUT2D eigenvalue weighted by Crippen LogP contribution is 2.35. The molecule has 0 saturated heterocycles. The van der Waals surface area contributed by atoms with Crippen molar-refractivity contribution < 1.29 is 18.3 Å². The first kappa shape index (κ1) is 18.8. The molecule has 0 N–H and O–H groups in total. The molecule has 1 aliphatic heterocycles. The molecule has 0 bridgehead atoms. The molecule has 2 aromatic rings. The SMILES string of the molecule is CCOc1cccc(/C=C(\C#N)c2nnc3n2CCCCC3)c1OC(F)F. The zero-order valence-electron chi connectivity index (χ0n) is 15.0. The zero-order chi connectivity index (χ0) is 19.2. The minimum atomic E-state index is -3.01. The van der Waals surface area contributed by atoms with Gasteiger partial charge in [-0.05, 0) is 31.9 Å². The Balaban J connectivity index is 2.05. The van der Waals surface area contributed by atoms with E-state index in [4.69, 9.17) is 4.74 Å². The lowest BCUT2D eigenvalue weighted by Gasteiger charge is -2.14. The summed E-state index contributed by atoms with van der Waals surface area (Å²) in [5, 5.41) is 18.0. The molecule has 6 nitrogen and oxygen atoms in total. The zero-order valence-corrected chi connectivity index (χ0v) is 15.0. The van der Waals surface area contributed by atoms with Gasteiger partial charge in [-0.25, -0.2) is 0 Å². The Morgan fingerprint density at radius 2 is 2.19 bits per heavy atom. The maximum absolute atomic E-state index is 12.9. The second kappa shape index (κ2) is 8.62. The highest BCUT2D eigenvalue weighted by Gasteiger charge is 2.20. The van der Waals surface area contributed by atoms with Crippen LogP contribution in [-0.2, 0) is 13.0 Å². The molecule has 0 aliphatic carbocycles. The molecule has 0 fully saturated rings. The molecular weight excluding hydrogens is 354 g/mol. The number of aryl methyl sites for hydroxylation is 1. The van der Waals surface area contributed by atoms with Crippen LogP contribution in [0.5, 0.6) is 11.5 Å². The molecule has 8 heteroatoms. The van der Waals surface area contributed by atoms with Gasteiger partial charge in [0.1, 0.15) is 11.9 Å². The summed E-state index contributed by atoms with van der Waals surface area (Å²) in [7, 11) is 0. The first-order chi connectivity index (χ1) is 13.1. The van der Waals surface area contributed by atoms with Crippen molar-refractivity contribution >= 4 is 11.6 Å². The van der Waals surface area contributed by atoms with Crippen LogP contribution in [0, 0.1) is 11.3 Å². The van der Waals surface area contributed by atoms with Crippen molar-refractivity contribution in [2.24, 2.45) is 0 Å². The average molecular weight is 374 g/mol. The number of allylic oxidation sites excluding steroid dienone is 1. The molecule has 0 saturated carbocycles. The number of nitriles is 1. The van der Waals surface area contributed by atoms with Gasteiger partial charge in [-0.15, -0.1) is 10.2 Å². The standard InChI is InChI=1S/C19H20F2N4O2/c1-2-26-15-8-6-7-13(17(15)27-19(20)21)11-14(12-22)18-24-23-16-9-4-3-5-10-25(16)18/h6-8,11,19H,2-5,9-10H2,1H3/b14-11+. The van der Waals surface area contributed by atoms with Crippen LogP contribution >= 0.6 is 0 Å². The van der Waals surface area contributed by atoms with E-state index in [1.165, 1.54) is 6.08 Å². The number of hydrogen-bond acceptors (Lipinski definition) is 5. The van der Waals surface area contributed by atoms with Crippen molar-refractivity contribution in [2.75, 3.05) is 6.61 Å². The van der Waals surface area contributed by atoms with E-state index in [0.717, 1.165) is 38.1 Å². The topological polar surface area (TPSA) is 73.0 Å². The van der Waals surface area contributed by atoms with E-state index in [-0.39, 0.29) is 17.1 Å². The molecule has 27 heavy (non-hydrogen) atoms. The molecule has 0 radical (unpaired) electrons. The molecule has 1 aromatic carbocycles. The summed E-state index contributed by atoms with van der Waals surface area (Å²) in [5.41, 5.74) is 0.562. The Labute approximate surface area is 156 Å². The number of rotatable bonds is 6. The van der Waals surface area contributed by atoms with Crippen molar-refractivity contribution in [3.8, 4) is 17.6 Å². The second-order valence-electron chi connectivity index (χ2n) is 6.06. The van der Waals surface area contributed by atoms with E-state index in [1.54, 1.807) is 25.1 Å². The van der Waals surface area contributed by atoms with Gasteiger partial charge in [0.2, 0.25) is 0 Å². The van der Waals surface area contributed by atoms with Crippen LogP contribution < -0.4 is 9.47 Å². The molecular formula is C19H20F2N4O2. The van der Waals surface area contributed by atoms with Crippen molar-refractivity contribution in [3.05, 3.63) is 35.4 Å². The second-order valence-corrected chi connectivity index (χ2v) is 6.06. The molecule has 3 rings (SSSR count). The van der Waals surface area contributed by atoms with Gasteiger partial charge in [0.15, 0.2) is 17.3 Å². The van der Waals surface area contributed by atoms with Crippen LogP contribution in [0.3, 0.4) is 0 Å². The summed E-state index contributed by atoms with van der Waals surface area (Å²) >= 11 is 0. The highest BCUT2D eigenvalue weighted by atomic mass is 19.3. The van der Waals surface area contributed by atoms with Gasteiger partial charge >= 0.3 is 6.61 Å². The van der Waals surface area contributed by atoms with Crippen LogP contribution in [0.2, 0.25) is 0 Å². The van der Waals surface area contributed by atoms with E-state index in [1.807, 2.05) is 4.57 Å². The van der Waals surface area contributed by atoms with Gasteiger partial charge < -0.3 is 14.0 Å². The summed E-state index contributed by atoms with van der Waals surface area (Å²) in [5.74, 6) is 1.39. The maximum Gasteiger partial charge on any atom is 0.387 e. The van der Waals surface area contributed by atoms with Crippen LogP contribution in [0.1, 0.15) is 43.4 Å². The lowest BCUT2D eigenvalue weighted by molar-refractivity contribution is -0.0515. The third-order valence-electron chi connectivity index (χ3n) is 4.29. The predicted octanol–water partition coefficient (Wildman–Crippen LogP) is 4.07.